The van der Waals surface area contributed by atoms with Crippen LogP contribution in [0.5, 0.6) is 0 Å². The van der Waals surface area contributed by atoms with Crippen molar-refractivity contribution in [3.05, 3.63) is 48.1 Å². The fraction of sp³-hybridized carbons (Fsp3) is 0.467. The third-order valence-electron chi connectivity index (χ3n) is 2.32. The Hall–Kier alpha value is -1.08. The van der Waals surface area contributed by atoms with E-state index in [1.807, 2.05) is 12.2 Å². The smallest absolute Gasteiger partial charge is 0.0980 e. The molecular formula is C15H24O. The summed E-state index contributed by atoms with van der Waals surface area (Å²) in [6, 6.07) is 0. The minimum atomic E-state index is -0.906. The van der Waals surface area contributed by atoms with Crippen molar-refractivity contribution in [1.82, 2.24) is 0 Å². The lowest BCUT2D eigenvalue weighted by molar-refractivity contribution is 0.164. The van der Waals surface area contributed by atoms with Gasteiger partial charge in [0.2, 0.25) is 0 Å². The minimum absolute atomic E-state index is 0.906. The van der Waals surface area contributed by atoms with Crippen molar-refractivity contribution in [2.24, 2.45) is 0 Å². The predicted octanol–water partition coefficient (Wildman–Crippen LogP) is 4.17. The van der Waals surface area contributed by atoms with Gasteiger partial charge in [0.1, 0.15) is 0 Å². The molecule has 90 valence electrons. The van der Waals surface area contributed by atoms with E-state index in [9.17, 15) is 5.11 Å². The Balaban J connectivity index is 4.15. The van der Waals surface area contributed by atoms with E-state index in [0.29, 0.717) is 0 Å². The largest absolute Gasteiger partial charge is 0.382 e. The Bertz CT molecular complexity index is 299. The van der Waals surface area contributed by atoms with Crippen molar-refractivity contribution >= 4 is 0 Å². The standard InChI is InChI=1S/C15H24O/c1-6-15(5,16)12-8-11-14(4)10-7-9-13(2)3/h6,8-9,11-12,16H,1,7,10H2,2-5H3/b12-8-,14-11+. The van der Waals surface area contributed by atoms with Gasteiger partial charge in [-0.05, 0) is 46.6 Å². The molecule has 1 nitrogen and oxygen atoms in total. The quantitative estimate of drug-likeness (QED) is 0.526. The molecule has 0 rings (SSSR count). The molecule has 0 aliphatic heterocycles. The second kappa shape index (κ2) is 7.24. The first-order valence-electron chi connectivity index (χ1n) is 5.72. The van der Waals surface area contributed by atoms with Gasteiger partial charge in [0.15, 0.2) is 0 Å². The van der Waals surface area contributed by atoms with Crippen molar-refractivity contribution in [2.75, 3.05) is 0 Å². The second-order valence-electron chi connectivity index (χ2n) is 4.62. The molecule has 1 atom stereocenters. The van der Waals surface area contributed by atoms with Gasteiger partial charge in [-0.25, -0.2) is 0 Å². The van der Waals surface area contributed by atoms with Gasteiger partial charge in [0.25, 0.3) is 0 Å². The zero-order valence-corrected chi connectivity index (χ0v) is 11.0. The van der Waals surface area contributed by atoms with Crippen LogP contribution in [-0.4, -0.2) is 10.7 Å². The fourth-order valence-electron chi connectivity index (χ4n) is 1.15. The number of hydrogen-bond donors (Lipinski definition) is 1. The average molecular weight is 220 g/mol. The highest BCUT2D eigenvalue weighted by atomic mass is 16.3. The van der Waals surface area contributed by atoms with Crippen LogP contribution in [0, 0.1) is 0 Å². The van der Waals surface area contributed by atoms with Crippen LogP contribution in [0.1, 0.15) is 40.5 Å². The molecule has 1 heteroatoms. The fourth-order valence-corrected chi connectivity index (χ4v) is 1.15. The molecular weight excluding hydrogens is 196 g/mol. The lowest BCUT2D eigenvalue weighted by atomic mass is 10.1. The van der Waals surface area contributed by atoms with E-state index < -0.39 is 5.60 Å². The van der Waals surface area contributed by atoms with Crippen molar-refractivity contribution in [2.45, 2.75) is 46.1 Å². The molecule has 0 heterocycles. The van der Waals surface area contributed by atoms with Gasteiger partial charge in [-0.2, -0.15) is 0 Å². The van der Waals surface area contributed by atoms with E-state index in [2.05, 4.69) is 33.4 Å². The summed E-state index contributed by atoms with van der Waals surface area (Å²) in [6.07, 6.45) is 11.6. The van der Waals surface area contributed by atoms with Gasteiger partial charge in [0.05, 0.1) is 5.60 Å². The van der Waals surface area contributed by atoms with Gasteiger partial charge in [-0.15, -0.1) is 0 Å². The molecule has 0 aliphatic carbocycles. The molecule has 0 amide bonds. The Morgan fingerprint density at radius 2 is 1.94 bits per heavy atom. The Morgan fingerprint density at radius 3 is 2.44 bits per heavy atom. The second-order valence-corrected chi connectivity index (χ2v) is 4.62. The summed E-state index contributed by atoms with van der Waals surface area (Å²) in [4.78, 5) is 0. The van der Waals surface area contributed by atoms with E-state index >= 15 is 0 Å². The first-order valence-corrected chi connectivity index (χ1v) is 5.72. The van der Waals surface area contributed by atoms with Gasteiger partial charge in [0, 0.05) is 0 Å². The molecule has 0 saturated carbocycles. The highest BCUT2D eigenvalue weighted by Crippen LogP contribution is 2.09. The summed E-state index contributed by atoms with van der Waals surface area (Å²) in [6.45, 7) is 11.6. The molecule has 0 aromatic carbocycles. The molecule has 0 fully saturated rings. The molecule has 0 saturated heterocycles. The maximum absolute atomic E-state index is 9.64. The zero-order chi connectivity index (χ0) is 12.6. The summed E-state index contributed by atoms with van der Waals surface area (Å²) < 4.78 is 0. The number of rotatable bonds is 6. The van der Waals surface area contributed by atoms with E-state index in [1.54, 1.807) is 13.0 Å². The van der Waals surface area contributed by atoms with Crippen LogP contribution in [0.4, 0.5) is 0 Å². The summed E-state index contributed by atoms with van der Waals surface area (Å²) in [7, 11) is 0. The number of aliphatic hydroxyl groups is 1. The normalized spacial score (nSPS) is 15.9. The van der Waals surface area contributed by atoms with Crippen LogP contribution >= 0.6 is 0 Å². The molecule has 0 aromatic rings. The van der Waals surface area contributed by atoms with E-state index in [-0.39, 0.29) is 0 Å². The number of allylic oxidation sites excluding steroid dienone is 5. The minimum Gasteiger partial charge on any atom is -0.382 e. The van der Waals surface area contributed by atoms with Gasteiger partial charge < -0.3 is 5.11 Å². The summed E-state index contributed by atoms with van der Waals surface area (Å²) in [5.41, 5.74) is 1.77. The van der Waals surface area contributed by atoms with Crippen molar-refractivity contribution in [1.29, 1.82) is 0 Å². The molecule has 0 aromatic heterocycles. The van der Waals surface area contributed by atoms with E-state index in [4.69, 9.17) is 0 Å². The third-order valence-corrected chi connectivity index (χ3v) is 2.32. The van der Waals surface area contributed by atoms with Crippen LogP contribution in [0.15, 0.2) is 48.1 Å². The number of hydrogen-bond acceptors (Lipinski definition) is 1. The maximum Gasteiger partial charge on any atom is 0.0980 e. The summed E-state index contributed by atoms with van der Waals surface area (Å²) in [5.74, 6) is 0. The molecule has 0 radical (unpaired) electrons. The highest BCUT2D eigenvalue weighted by molar-refractivity contribution is 5.17. The van der Waals surface area contributed by atoms with Crippen LogP contribution in [0.2, 0.25) is 0 Å². The van der Waals surface area contributed by atoms with Crippen LogP contribution in [0.25, 0.3) is 0 Å². The summed E-state index contributed by atoms with van der Waals surface area (Å²) >= 11 is 0. The van der Waals surface area contributed by atoms with Crippen molar-refractivity contribution in [3.63, 3.8) is 0 Å². The highest BCUT2D eigenvalue weighted by Gasteiger charge is 2.07. The SMILES string of the molecule is C=CC(C)(O)/C=C\C=C(/C)CCC=C(C)C. The Morgan fingerprint density at radius 1 is 1.31 bits per heavy atom. The Kier molecular flexibility index (Phi) is 6.75. The monoisotopic (exact) mass is 220 g/mol. The van der Waals surface area contributed by atoms with Crippen molar-refractivity contribution in [3.8, 4) is 0 Å². The van der Waals surface area contributed by atoms with E-state index in [1.165, 1.54) is 17.2 Å². The first kappa shape index (κ1) is 14.9. The van der Waals surface area contributed by atoms with Crippen LogP contribution in [-0.2, 0) is 0 Å². The molecule has 1 N–H and O–H groups in total. The maximum atomic E-state index is 9.64. The summed E-state index contributed by atoms with van der Waals surface area (Å²) in [5, 5.41) is 9.64. The van der Waals surface area contributed by atoms with Gasteiger partial charge >= 0.3 is 0 Å². The first-order chi connectivity index (χ1) is 7.37. The average Bonchev–Trinajstić information content (AvgIpc) is 2.17. The molecule has 0 aliphatic rings. The van der Waals surface area contributed by atoms with Crippen LogP contribution < -0.4 is 0 Å². The predicted molar refractivity (Wildman–Crippen MR) is 72.4 cm³/mol. The molecule has 16 heavy (non-hydrogen) atoms. The van der Waals surface area contributed by atoms with Crippen molar-refractivity contribution < 1.29 is 5.11 Å². The Labute approximate surface area is 99.9 Å². The zero-order valence-electron chi connectivity index (χ0n) is 11.0. The molecule has 1 unspecified atom stereocenters. The molecule has 0 bridgehead atoms. The molecule has 0 spiro atoms. The third kappa shape index (κ3) is 8.25. The van der Waals surface area contributed by atoms with Gasteiger partial charge in [-0.3, -0.25) is 0 Å². The topological polar surface area (TPSA) is 20.2 Å². The van der Waals surface area contributed by atoms with Gasteiger partial charge in [-0.1, -0.05) is 42.0 Å². The van der Waals surface area contributed by atoms with E-state index in [0.717, 1.165) is 12.8 Å². The van der Waals surface area contributed by atoms with Crippen LogP contribution in [0.3, 0.4) is 0 Å². The lowest BCUT2D eigenvalue weighted by Gasteiger charge is -2.11. The lowest BCUT2D eigenvalue weighted by Crippen LogP contribution is -2.15.